The standard InChI is InChI=1S/C17H21NOS/c1-2-13-18-17(15-9-5-3-6-10-15)14-20(19)16-11-7-4-8-12-16/h3-12,17-18H,2,13-14H2,1H3. The van der Waals surface area contributed by atoms with Crippen LogP contribution in [0.3, 0.4) is 0 Å². The fourth-order valence-electron chi connectivity index (χ4n) is 2.10. The topological polar surface area (TPSA) is 29.1 Å². The minimum atomic E-state index is -0.980. The smallest absolute Gasteiger partial charge is 0.0548 e. The summed E-state index contributed by atoms with van der Waals surface area (Å²) in [6, 6.07) is 20.1. The molecule has 0 aliphatic heterocycles. The normalized spacial score (nSPS) is 13.8. The van der Waals surface area contributed by atoms with Gasteiger partial charge in [0.2, 0.25) is 0 Å². The van der Waals surface area contributed by atoms with Crippen molar-refractivity contribution < 1.29 is 4.21 Å². The Balaban J connectivity index is 2.10. The number of hydrogen-bond donors (Lipinski definition) is 1. The molecule has 0 amide bonds. The maximum absolute atomic E-state index is 12.5. The zero-order valence-electron chi connectivity index (χ0n) is 11.8. The molecule has 2 aromatic carbocycles. The zero-order valence-corrected chi connectivity index (χ0v) is 12.6. The summed E-state index contributed by atoms with van der Waals surface area (Å²) in [5, 5.41) is 3.49. The number of nitrogens with one attached hydrogen (secondary N) is 1. The first kappa shape index (κ1) is 14.9. The van der Waals surface area contributed by atoms with Crippen molar-refractivity contribution in [2.24, 2.45) is 0 Å². The van der Waals surface area contributed by atoms with E-state index in [1.807, 2.05) is 48.5 Å². The van der Waals surface area contributed by atoms with Crippen molar-refractivity contribution in [1.82, 2.24) is 5.32 Å². The maximum Gasteiger partial charge on any atom is 0.0548 e. The Labute approximate surface area is 123 Å². The summed E-state index contributed by atoms with van der Waals surface area (Å²) in [5.74, 6) is 0.605. The molecule has 2 nitrogen and oxygen atoms in total. The summed E-state index contributed by atoms with van der Waals surface area (Å²) < 4.78 is 12.5. The minimum Gasteiger partial charge on any atom is -0.309 e. The molecule has 2 atom stereocenters. The summed E-state index contributed by atoms with van der Waals surface area (Å²) >= 11 is 0. The SMILES string of the molecule is CCCNC(CS(=O)c1ccccc1)c1ccccc1. The lowest BCUT2D eigenvalue weighted by atomic mass is 10.1. The average Bonchev–Trinajstić information content (AvgIpc) is 2.53. The molecule has 0 saturated carbocycles. The molecule has 0 spiro atoms. The van der Waals surface area contributed by atoms with Crippen molar-refractivity contribution in [1.29, 1.82) is 0 Å². The van der Waals surface area contributed by atoms with E-state index in [1.54, 1.807) is 0 Å². The average molecular weight is 287 g/mol. The van der Waals surface area contributed by atoms with Crippen LogP contribution in [0.15, 0.2) is 65.6 Å². The van der Waals surface area contributed by atoms with Gasteiger partial charge in [-0.05, 0) is 30.7 Å². The van der Waals surface area contributed by atoms with Gasteiger partial charge in [0.15, 0.2) is 0 Å². The third-order valence-corrected chi connectivity index (χ3v) is 4.60. The number of benzene rings is 2. The van der Waals surface area contributed by atoms with Gasteiger partial charge < -0.3 is 5.32 Å². The first-order valence-electron chi connectivity index (χ1n) is 7.03. The fourth-order valence-corrected chi connectivity index (χ4v) is 3.36. The van der Waals surface area contributed by atoms with E-state index in [1.165, 1.54) is 5.56 Å². The zero-order chi connectivity index (χ0) is 14.2. The van der Waals surface area contributed by atoms with Gasteiger partial charge in [-0.15, -0.1) is 0 Å². The van der Waals surface area contributed by atoms with E-state index in [0.29, 0.717) is 5.75 Å². The van der Waals surface area contributed by atoms with Crippen LogP contribution >= 0.6 is 0 Å². The van der Waals surface area contributed by atoms with Crippen LogP contribution in [0.25, 0.3) is 0 Å². The number of rotatable bonds is 7. The van der Waals surface area contributed by atoms with Crippen molar-refractivity contribution >= 4 is 10.8 Å². The molecule has 0 saturated heterocycles. The van der Waals surface area contributed by atoms with E-state index in [-0.39, 0.29) is 6.04 Å². The number of hydrogen-bond acceptors (Lipinski definition) is 2. The van der Waals surface area contributed by atoms with Crippen LogP contribution in [-0.4, -0.2) is 16.5 Å². The Hall–Kier alpha value is -1.45. The van der Waals surface area contributed by atoms with Gasteiger partial charge in [0.25, 0.3) is 0 Å². The lowest BCUT2D eigenvalue weighted by Gasteiger charge is -2.18. The highest BCUT2D eigenvalue weighted by molar-refractivity contribution is 7.85. The monoisotopic (exact) mass is 287 g/mol. The Morgan fingerprint density at radius 1 is 1.00 bits per heavy atom. The molecule has 0 bridgehead atoms. The predicted octanol–water partition coefficient (Wildman–Crippen LogP) is 3.54. The van der Waals surface area contributed by atoms with Gasteiger partial charge in [-0.3, -0.25) is 4.21 Å². The molecule has 0 aliphatic carbocycles. The largest absolute Gasteiger partial charge is 0.309 e. The summed E-state index contributed by atoms with van der Waals surface area (Å²) in [7, 11) is -0.980. The second-order valence-corrected chi connectivity index (χ2v) is 6.24. The predicted molar refractivity (Wildman–Crippen MR) is 85.2 cm³/mol. The van der Waals surface area contributed by atoms with E-state index in [2.05, 4.69) is 24.4 Å². The first-order chi connectivity index (χ1) is 9.81. The van der Waals surface area contributed by atoms with Crippen molar-refractivity contribution in [2.45, 2.75) is 24.3 Å². The van der Waals surface area contributed by atoms with Gasteiger partial charge in [0.1, 0.15) is 0 Å². The molecule has 3 heteroatoms. The highest BCUT2D eigenvalue weighted by Crippen LogP contribution is 2.17. The van der Waals surface area contributed by atoms with Crippen molar-refractivity contribution in [3.63, 3.8) is 0 Å². The Bertz CT molecular complexity index is 527. The van der Waals surface area contributed by atoms with E-state index in [4.69, 9.17) is 0 Å². The molecule has 20 heavy (non-hydrogen) atoms. The summed E-state index contributed by atoms with van der Waals surface area (Å²) in [4.78, 5) is 0.895. The second kappa shape index (κ2) is 7.98. The second-order valence-electron chi connectivity index (χ2n) is 4.74. The van der Waals surface area contributed by atoms with Crippen LogP contribution in [0, 0.1) is 0 Å². The maximum atomic E-state index is 12.5. The van der Waals surface area contributed by atoms with Crippen molar-refractivity contribution in [2.75, 3.05) is 12.3 Å². The Morgan fingerprint density at radius 3 is 2.20 bits per heavy atom. The third-order valence-electron chi connectivity index (χ3n) is 3.17. The molecule has 106 valence electrons. The van der Waals surface area contributed by atoms with Gasteiger partial charge in [0, 0.05) is 16.7 Å². The fraction of sp³-hybridized carbons (Fsp3) is 0.294. The molecule has 0 heterocycles. The lowest BCUT2D eigenvalue weighted by molar-refractivity contribution is 0.569. The van der Waals surface area contributed by atoms with Crippen LogP contribution < -0.4 is 5.32 Å². The van der Waals surface area contributed by atoms with E-state index in [0.717, 1.165) is 17.9 Å². The van der Waals surface area contributed by atoms with Crippen molar-refractivity contribution in [3.8, 4) is 0 Å². The first-order valence-corrected chi connectivity index (χ1v) is 8.35. The van der Waals surface area contributed by atoms with Crippen LogP contribution in [0.4, 0.5) is 0 Å². The summed E-state index contributed by atoms with van der Waals surface area (Å²) in [6.07, 6.45) is 1.07. The minimum absolute atomic E-state index is 0.136. The molecule has 0 aliphatic rings. The van der Waals surface area contributed by atoms with Gasteiger partial charge in [0.05, 0.1) is 10.8 Å². The highest BCUT2D eigenvalue weighted by atomic mass is 32.2. The third kappa shape index (κ3) is 4.29. The summed E-state index contributed by atoms with van der Waals surface area (Å²) in [5.41, 5.74) is 1.20. The Kier molecular flexibility index (Phi) is 5.96. The molecule has 2 unspecified atom stereocenters. The van der Waals surface area contributed by atoms with Gasteiger partial charge in [-0.1, -0.05) is 55.5 Å². The van der Waals surface area contributed by atoms with Crippen LogP contribution in [0.1, 0.15) is 24.9 Å². The molecule has 0 aromatic heterocycles. The molecule has 1 N–H and O–H groups in total. The van der Waals surface area contributed by atoms with E-state index in [9.17, 15) is 4.21 Å². The molecule has 0 radical (unpaired) electrons. The van der Waals surface area contributed by atoms with Crippen LogP contribution in [0.5, 0.6) is 0 Å². The molecular weight excluding hydrogens is 266 g/mol. The van der Waals surface area contributed by atoms with Gasteiger partial charge in [-0.25, -0.2) is 0 Å². The lowest BCUT2D eigenvalue weighted by Crippen LogP contribution is -2.27. The molecule has 0 fully saturated rings. The van der Waals surface area contributed by atoms with E-state index < -0.39 is 10.8 Å². The van der Waals surface area contributed by atoms with Gasteiger partial charge in [-0.2, -0.15) is 0 Å². The van der Waals surface area contributed by atoms with Crippen molar-refractivity contribution in [3.05, 3.63) is 66.2 Å². The Morgan fingerprint density at radius 2 is 1.60 bits per heavy atom. The van der Waals surface area contributed by atoms with E-state index >= 15 is 0 Å². The van der Waals surface area contributed by atoms with Crippen LogP contribution in [-0.2, 0) is 10.8 Å². The highest BCUT2D eigenvalue weighted by Gasteiger charge is 2.15. The summed E-state index contributed by atoms with van der Waals surface area (Å²) in [6.45, 7) is 3.08. The quantitative estimate of drug-likeness (QED) is 0.844. The molecule has 2 aromatic rings. The van der Waals surface area contributed by atoms with Crippen LogP contribution in [0.2, 0.25) is 0 Å². The molecular formula is C17H21NOS. The molecule has 2 rings (SSSR count). The van der Waals surface area contributed by atoms with Gasteiger partial charge >= 0.3 is 0 Å².